The number of carboxylic acid groups (broad SMARTS) is 1. The minimum Gasteiger partial charge on any atom is -0.478 e. The summed E-state index contributed by atoms with van der Waals surface area (Å²) in [5.41, 5.74) is 15.7. The summed E-state index contributed by atoms with van der Waals surface area (Å²) in [7, 11) is 0. The number of carbonyl (C=O) groups excluding carboxylic acids is 1. The maximum absolute atomic E-state index is 13.3. The molecule has 0 saturated heterocycles. The fraction of sp³-hybridized carbons (Fsp3) is 0.310. The molecule has 182 valence electrons. The van der Waals surface area contributed by atoms with Gasteiger partial charge in [0.2, 0.25) is 5.91 Å². The van der Waals surface area contributed by atoms with E-state index in [1.807, 2.05) is 48.5 Å². The topological polar surface area (TPSA) is 118 Å². The molecular weight excluding hydrogens is 438 g/mol. The van der Waals surface area contributed by atoms with E-state index in [4.69, 9.17) is 11.5 Å². The second-order valence-electron chi connectivity index (χ2n) is 9.44. The number of nitrogens with one attached hydrogen (secondary N) is 1. The van der Waals surface area contributed by atoms with E-state index in [1.54, 1.807) is 12.1 Å². The zero-order valence-electron chi connectivity index (χ0n) is 19.8. The summed E-state index contributed by atoms with van der Waals surface area (Å²) in [4.78, 5) is 24.8. The van der Waals surface area contributed by atoms with Crippen LogP contribution in [0.5, 0.6) is 0 Å². The van der Waals surface area contributed by atoms with Crippen LogP contribution in [0.25, 0.3) is 11.1 Å². The molecule has 1 atom stereocenters. The lowest BCUT2D eigenvalue weighted by molar-refractivity contribution is -0.127. The Hall–Kier alpha value is -3.64. The van der Waals surface area contributed by atoms with Crippen molar-refractivity contribution in [2.45, 2.75) is 38.1 Å². The predicted molar refractivity (Wildman–Crippen MR) is 139 cm³/mol. The van der Waals surface area contributed by atoms with Crippen LogP contribution in [0.15, 0.2) is 72.8 Å². The Kier molecular flexibility index (Phi) is 7.83. The van der Waals surface area contributed by atoms with Crippen molar-refractivity contribution in [1.82, 2.24) is 5.32 Å². The molecule has 0 spiro atoms. The average molecular weight is 472 g/mol. The van der Waals surface area contributed by atoms with E-state index in [2.05, 4.69) is 17.4 Å². The fourth-order valence-electron chi connectivity index (χ4n) is 4.91. The van der Waals surface area contributed by atoms with E-state index in [-0.39, 0.29) is 29.1 Å². The molecule has 0 heterocycles. The lowest BCUT2D eigenvalue weighted by atomic mass is 9.81. The van der Waals surface area contributed by atoms with Gasteiger partial charge >= 0.3 is 5.97 Å². The van der Waals surface area contributed by atoms with Crippen LogP contribution in [0.3, 0.4) is 0 Å². The monoisotopic (exact) mass is 471 g/mol. The van der Waals surface area contributed by atoms with Gasteiger partial charge < -0.3 is 21.9 Å². The normalized spacial score (nSPS) is 18.5. The third-order valence-corrected chi connectivity index (χ3v) is 7.06. The molecule has 1 aliphatic rings. The van der Waals surface area contributed by atoms with Crippen LogP contribution >= 0.6 is 0 Å². The largest absolute Gasteiger partial charge is 0.478 e. The van der Waals surface area contributed by atoms with Crippen LogP contribution in [-0.4, -0.2) is 23.5 Å². The van der Waals surface area contributed by atoms with E-state index in [0.29, 0.717) is 18.9 Å². The minimum atomic E-state index is -1.06. The van der Waals surface area contributed by atoms with Gasteiger partial charge in [0, 0.05) is 11.6 Å². The van der Waals surface area contributed by atoms with Crippen molar-refractivity contribution in [2.24, 2.45) is 17.6 Å². The van der Waals surface area contributed by atoms with Gasteiger partial charge in [0.25, 0.3) is 0 Å². The molecule has 35 heavy (non-hydrogen) atoms. The number of carbonyl (C=O) groups is 2. The van der Waals surface area contributed by atoms with Gasteiger partial charge in [-0.15, -0.1) is 0 Å². The molecule has 0 aliphatic heterocycles. The summed E-state index contributed by atoms with van der Waals surface area (Å²) in [6, 6.07) is 22.9. The van der Waals surface area contributed by atoms with Gasteiger partial charge in [-0.3, -0.25) is 4.79 Å². The Morgan fingerprint density at radius 2 is 1.63 bits per heavy atom. The zero-order valence-corrected chi connectivity index (χ0v) is 19.8. The van der Waals surface area contributed by atoms with Crippen LogP contribution in [0, 0.1) is 11.8 Å². The first-order chi connectivity index (χ1) is 16.9. The number of nitrogens with two attached hydrogens (primary N) is 2. The molecular formula is C29H33N3O3. The highest BCUT2D eigenvalue weighted by molar-refractivity contribution is 5.95. The summed E-state index contributed by atoms with van der Waals surface area (Å²) < 4.78 is 0. The number of anilines is 1. The Morgan fingerprint density at radius 1 is 0.914 bits per heavy atom. The third-order valence-electron chi connectivity index (χ3n) is 7.06. The molecule has 6 heteroatoms. The molecule has 0 radical (unpaired) electrons. The van der Waals surface area contributed by atoms with E-state index >= 15 is 0 Å². The zero-order chi connectivity index (χ0) is 24.8. The summed E-state index contributed by atoms with van der Waals surface area (Å²) in [6.45, 7) is 0.687. The third kappa shape index (κ3) is 6.08. The maximum Gasteiger partial charge on any atom is 0.337 e. The van der Waals surface area contributed by atoms with Crippen molar-refractivity contribution in [3.63, 3.8) is 0 Å². The molecule has 1 aliphatic carbocycles. The van der Waals surface area contributed by atoms with Gasteiger partial charge in [-0.05, 0) is 85.0 Å². The van der Waals surface area contributed by atoms with Gasteiger partial charge in [0.1, 0.15) is 0 Å². The molecule has 1 fully saturated rings. The lowest BCUT2D eigenvalue weighted by Crippen LogP contribution is -2.37. The van der Waals surface area contributed by atoms with Crippen molar-refractivity contribution in [2.75, 3.05) is 12.3 Å². The highest BCUT2D eigenvalue weighted by Crippen LogP contribution is 2.31. The number of amides is 1. The smallest absolute Gasteiger partial charge is 0.337 e. The van der Waals surface area contributed by atoms with Crippen LogP contribution in [-0.2, 0) is 11.2 Å². The SMILES string of the molecule is NCC1CCC(C(=O)NC(Cc2ccccc2)c2cccc(-c3ccc(N)c(C(=O)O)c3)c2)CC1. The Bertz CT molecular complexity index is 1170. The van der Waals surface area contributed by atoms with Crippen LogP contribution in [0.4, 0.5) is 5.69 Å². The highest BCUT2D eigenvalue weighted by Gasteiger charge is 2.27. The average Bonchev–Trinajstić information content (AvgIpc) is 2.89. The summed E-state index contributed by atoms with van der Waals surface area (Å²) >= 11 is 0. The molecule has 1 saturated carbocycles. The number of rotatable bonds is 8. The first kappa shape index (κ1) is 24.5. The van der Waals surface area contributed by atoms with Gasteiger partial charge in [0.05, 0.1) is 11.6 Å². The number of nitrogen functional groups attached to an aromatic ring is 1. The van der Waals surface area contributed by atoms with E-state index in [9.17, 15) is 14.7 Å². The van der Waals surface area contributed by atoms with Crippen molar-refractivity contribution < 1.29 is 14.7 Å². The Morgan fingerprint density at radius 3 is 2.31 bits per heavy atom. The van der Waals surface area contributed by atoms with E-state index in [0.717, 1.165) is 47.9 Å². The summed E-state index contributed by atoms with van der Waals surface area (Å²) in [6.07, 6.45) is 4.40. The first-order valence-electron chi connectivity index (χ1n) is 12.2. The molecule has 6 N–H and O–H groups in total. The lowest BCUT2D eigenvalue weighted by Gasteiger charge is -2.29. The number of carboxylic acids is 1. The number of aromatic carboxylic acids is 1. The quantitative estimate of drug-likeness (QED) is 0.352. The molecule has 0 bridgehead atoms. The maximum atomic E-state index is 13.3. The number of benzene rings is 3. The van der Waals surface area contributed by atoms with Crippen LogP contribution in [0.1, 0.15) is 53.2 Å². The Labute approximate surface area is 206 Å². The van der Waals surface area contributed by atoms with Gasteiger partial charge in [-0.25, -0.2) is 4.79 Å². The second-order valence-corrected chi connectivity index (χ2v) is 9.44. The highest BCUT2D eigenvalue weighted by atomic mass is 16.4. The minimum absolute atomic E-state index is 0.00878. The second kappa shape index (κ2) is 11.2. The number of hydrogen-bond donors (Lipinski definition) is 4. The van der Waals surface area contributed by atoms with Crippen molar-refractivity contribution in [3.05, 3.63) is 89.5 Å². The van der Waals surface area contributed by atoms with Crippen LogP contribution in [0.2, 0.25) is 0 Å². The van der Waals surface area contributed by atoms with Gasteiger partial charge in [-0.1, -0.05) is 54.6 Å². The first-order valence-corrected chi connectivity index (χ1v) is 12.2. The van der Waals surface area contributed by atoms with Gasteiger partial charge in [-0.2, -0.15) is 0 Å². The molecule has 0 aromatic heterocycles. The summed E-state index contributed by atoms with van der Waals surface area (Å²) in [5, 5.41) is 12.8. The fourth-order valence-corrected chi connectivity index (χ4v) is 4.91. The van der Waals surface area contributed by atoms with Crippen molar-refractivity contribution >= 4 is 17.6 Å². The molecule has 4 rings (SSSR count). The van der Waals surface area contributed by atoms with E-state index in [1.165, 1.54) is 0 Å². The Balaban J connectivity index is 1.60. The standard InChI is InChI=1S/C29H33N3O3/c30-18-20-9-11-21(12-10-20)28(33)32-27(15-19-5-2-1-3-6-19)24-8-4-7-22(16-24)23-13-14-26(31)25(17-23)29(34)35/h1-8,13-14,16-17,20-21,27H,9-12,15,18,30-31H2,(H,32,33)(H,34,35). The molecule has 6 nitrogen and oxygen atoms in total. The molecule has 1 unspecified atom stereocenters. The van der Waals surface area contributed by atoms with Crippen molar-refractivity contribution in [1.29, 1.82) is 0 Å². The van der Waals surface area contributed by atoms with E-state index < -0.39 is 5.97 Å². The number of hydrogen-bond acceptors (Lipinski definition) is 4. The predicted octanol–water partition coefficient (Wildman–Crippen LogP) is 4.80. The summed E-state index contributed by atoms with van der Waals surface area (Å²) in [5.74, 6) is -0.438. The van der Waals surface area contributed by atoms with Crippen LogP contribution < -0.4 is 16.8 Å². The molecule has 1 amide bonds. The van der Waals surface area contributed by atoms with Crippen molar-refractivity contribution in [3.8, 4) is 11.1 Å². The molecule has 3 aromatic carbocycles. The van der Waals surface area contributed by atoms with Gasteiger partial charge in [0.15, 0.2) is 0 Å². The molecule has 3 aromatic rings.